The van der Waals surface area contributed by atoms with Gasteiger partial charge in [0.25, 0.3) is 0 Å². The number of hydrogen-bond donors (Lipinski definition) is 1. The van der Waals surface area contributed by atoms with Crippen LogP contribution in [0.25, 0.3) is 0 Å². The third-order valence-electron chi connectivity index (χ3n) is 0.910. The van der Waals surface area contributed by atoms with Crippen molar-refractivity contribution in [3.63, 3.8) is 0 Å². The van der Waals surface area contributed by atoms with Gasteiger partial charge in [-0.25, -0.2) is 0 Å². The average Bonchev–Trinajstić information content (AvgIpc) is 1.94. The van der Waals surface area contributed by atoms with Crippen molar-refractivity contribution in [1.82, 2.24) is 0 Å². The standard InChI is InChI=1S/C6H4Cl2O.Cl2O2S.Na.H/c7-4-1-2-6(9)5(8)3-4;1-5(2,3)4;;/h1-3,9H;;;/q;;+1;-1. The van der Waals surface area contributed by atoms with Crippen molar-refractivity contribution in [3.8, 4) is 5.75 Å². The number of aromatic hydroxyl groups is 1. The van der Waals surface area contributed by atoms with Crippen LogP contribution in [0.15, 0.2) is 18.2 Å². The molecule has 0 heterocycles. The maximum Gasteiger partial charge on any atom is 1.00 e. The summed E-state index contributed by atoms with van der Waals surface area (Å²) >= 11 is 11.0. The van der Waals surface area contributed by atoms with Crippen LogP contribution in [0.1, 0.15) is 1.43 Å². The van der Waals surface area contributed by atoms with E-state index in [1.54, 1.807) is 6.07 Å². The number of hydrogen-bond acceptors (Lipinski definition) is 3. The molecule has 1 rings (SSSR count). The molecule has 0 saturated heterocycles. The van der Waals surface area contributed by atoms with E-state index in [-0.39, 0.29) is 41.8 Å². The van der Waals surface area contributed by atoms with E-state index in [0.717, 1.165) is 0 Å². The van der Waals surface area contributed by atoms with Crippen LogP contribution < -0.4 is 29.6 Å². The van der Waals surface area contributed by atoms with Crippen LogP contribution >= 0.6 is 44.6 Å². The fourth-order valence-electron chi connectivity index (χ4n) is 0.481. The van der Waals surface area contributed by atoms with E-state index in [9.17, 15) is 0 Å². The minimum Gasteiger partial charge on any atom is -1.00 e. The molecule has 0 aliphatic carbocycles. The molecule has 0 atom stereocenters. The molecule has 82 valence electrons. The monoisotopic (exact) mass is 320 g/mol. The normalized spacial score (nSPS) is 9.60. The molecule has 0 aliphatic rings. The Balaban J connectivity index is -0.000000214. The van der Waals surface area contributed by atoms with E-state index in [4.69, 9.17) is 36.7 Å². The molecular weight excluding hydrogens is 317 g/mol. The summed E-state index contributed by atoms with van der Waals surface area (Å²) in [6.45, 7) is 0. The van der Waals surface area contributed by atoms with E-state index in [1.165, 1.54) is 12.1 Å². The van der Waals surface area contributed by atoms with Gasteiger partial charge >= 0.3 is 37.8 Å². The molecule has 0 fully saturated rings. The largest absolute Gasteiger partial charge is 1.00 e. The topological polar surface area (TPSA) is 54.4 Å². The third-order valence-corrected chi connectivity index (χ3v) is 1.45. The summed E-state index contributed by atoms with van der Waals surface area (Å²) in [5.41, 5.74) is 0. The molecule has 1 aromatic rings. The Bertz CT molecular complexity index is 406. The van der Waals surface area contributed by atoms with Crippen LogP contribution in [0.3, 0.4) is 0 Å². The maximum atomic E-state index is 9.16. The minimum atomic E-state index is -3.72. The number of benzene rings is 1. The number of halogens is 4. The summed E-state index contributed by atoms with van der Waals surface area (Å²) in [5, 5.41) is 9.66. The predicted octanol–water partition coefficient (Wildman–Crippen LogP) is 0.524. The summed E-state index contributed by atoms with van der Waals surface area (Å²) in [6, 6.07) is 4.51. The van der Waals surface area contributed by atoms with E-state index in [0.29, 0.717) is 5.02 Å². The van der Waals surface area contributed by atoms with Crippen LogP contribution in [-0.2, 0) is 8.26 Å². The van der Waals surface area contributed by atoms with Gasteiger partial charge in [-0.15, -0.1) is 0 Å². The molecule has 0 spiro atoms. The summed E-state index contributed by atoms with van der Waals surface area (Å²) < 4.78 is 18.3. The fraction of sp³-hybridized carbons (Fsp3) is 0. The Kier molecular flexibility index (Phi) is 10.2. The van der Waals surface area contributed by atoms with Gasteiger partial charge in [0.05, 0.1) is 5.02 Å². The van der Waals surface area contributed by atoms with Crippen molar-refractivity contribution >= 4 is 52.8 Å². The Hall–Kier alpha value is 1.13. The Labute approximate surface area is 130 Å². The molecule has 3 nitrogen and oxygen atoms in total. The first-order chi connectivity index (χ1) is 6.20. The number of phenolic OH excluding ortho intramolecular Hbond substituents is 1. The summed E-state index contributed by atoms with van der Waals surface area (Å²) in [6.07, 6.45) is 0. The summed E-state index contributed by atoms with van der Waals surface area (Å²) in [5.74, 6) is 0.0565. The molecule has 1 aromatic carbocycles. The molecule has 0 amide bonds. The molecule has 0 aliphatic heterocycles. The van der Waals surface area contributed by atoms with E-state index in [2.05, 4.69) is 21.4 Å². The Morgan fingerprint density at radius 1 is 1.20 bits per heavy atom. The smallest absolute Gasteiger partial charge is 1.00 e. The van der Waals surface area contributed by atoms with E-state index >= 15 is 0 Å². The molecular formula is C6H5Cl4NaO3S. The van der Waals surface area contributed by atoms with Gasteiger partial charge in [0, 0.05) is 26.4 Å². The van der Waals surface area contributed by atoms with Crippen molar-refractivity contribution < 1.29 is 44.5 Å². The zero-order valence-corrected chi connectivity index (χ0v) is 13.3. The second-order valence-electron chi connectivity index (χ2n) is 1.97. The van der Waals surface area contributed by atoms with E-state index in [1.807, 2.05) is 0 Å². The van der Waals surface area contributed by atoms with E-state index < -0.39 is 8.26 Å². The summed E-state index contributed by atoms with van der Waals surface area (Å²) in [4.78, 5) is 0. The van der Waals surface area contributed by atoms with Gasteiger partial charge in [-0.1, -0.05) is 23.2 Å². The molecule has 0 radical (unpaired) electrons. The van der Waals surface area contributed by atoms with Crippen LogP contribution in [0.4, 0.5) is 0 Å². The van der Waals surface area contributed by atoms with Gasteiger partial charge in [-0.3, -0.25) is 0 Å². The van der Waals surface area contributed by atoms with Gasteiger partial charge in [0.2, 0.25) is 0 Å². The molecule has 0 aromatic heterocycles. The SMILES string of the molecule is O=S(=O)(Cl)Cl.Oc1ccc(Cl)cc1Cl.[H-].[Na+]. The van der Waals surface area contributed by atoms with Crippen LogP contribution in [0.2, 0.25) is 10.0 Å². The van der Waals surface area contributed by atoms with Crippen molar-refractivity contribution in [3.05, 3.63) is 28.2 Å². The number of rotatable bonds is 0. The molecule has 15 heavy (non-hydrogen) atoms. The molecule has 0 saturated carbocycles. The molecule has 1 N–H and O–H groups in total. The molecule has 0 bridgehead atoms. The van der Waals surface area contributed by atoms with Gasteiger partial charge in [0.1, 0.15) is 5.75 Å². The zero-order valence-electron chi connectivity index (χ0n) is 8.42. The fourth-order valence-corrected chi connectivity index (χ4v) is 0.890. The molecule has 0 unspecified atom stereocenters. The second-order valence-corrected chi connectivity index (χ2v) is 6.49. The Morgan fingerprint density at radius 2 is 1.60 bits per heavy atom. The first-order valence-corrected chi connectivity index (χ1v) is 6.87. The quantitative estimate of drug-likeness (QED) is 0.560. The predicted molar refractivity (Wildman–Crippen MR) is 59.9 cm³/mol. The van der Waals surface area contributed by atoms with Crippen molar-refractivity contribution in [2.75, 3.05) is 0 Å². The van der Waals surface area contributed by atoms with Crippen molar-refractivity contribution in [2.45, 2.75) is 0 Å². The average molecular weight is 322 g/mol. The second kappa shape index (κ2) is 8.25. The zero-order chi connectivity index (χ0) is 11.4. The van der Waals surface area contributed by atoms with Crippen molar-refractivity contribution in [2.24, 2.45) is 0 Å². The Morgan fingerprint density at radius 3 is 1.87 bits per heavy atom. The third kappa shape index (κ3) is 13.1. The first-order valence-electron chi connectivity index (χ1n) is 2.98. The van der Waals surface area contributed by atoms with Crippen LogP contribution in [0.5, 0.6) is 5.75 Å². The number of phenols is 1. The maximum absolute atomic E-state index is 9.16. The summed E-state index contributed by atoms with van der Waals surface area (Å²) in [7, 11) is 4.81. The van der Waals surface area contributed by atoms with Gasteiger partial charge in [-0.05, 0) is 18.2 Å². The first kappa shape index (κ1) is 18.5. The van der Waals surface area contributed by atoms with Gasteiger partial charge in [0.15, 0.2) is 0 Å². The van der Waals surface area contributed by atoms with Gasteiger partial charge < -0.3 is 6.53 Å². The van der Waals surface area contributed by atoms with Gasteiger partial charge in [-0.2, -0.15) is 8.42 Å². The van der Waals surface area contributed by atoms with Crippen molar-refractivity contribution in [1.29, 1.82) is 0 Å². The van der Waals surface area contributed by atoms with Crippen LogP contribution in [0, 0.1) is 0 Å². The minimum absolute atomic E-state index is 0. The van der Waals surface area contributed by atoms with Crippen LogP contribution in [-0.4, -0.2) is 13.5 Å². The molecule has 9 heteroatoms.